The van der Waals surface area contributed by atoms with E-state index in [1.54, 1.807) is 30.7 Å². The van der Waals surface area contributed by atoms with Crippen LogP contribution in [0.1, 0.15) is 16.1 Å². The number of carbonyl (C=O) groups is 1. The number of imidazole rings is 1. The summed E-state index contributed by atoms with van der Waals surface area (Å²) >= 11 is 6.15. The van der Waals surface area contributed by atoms with Gasteiger partial charge in [0.05, 0.1) is 23.1 Å². The van der Waals surface area contributed by atoms with Gasteiger partial charge in [-0.25, -0.2) is 4.98 Å². The lowest BCUT2D eigenvalue weighted by Gasteiger charge is -2.09. The van der Waals surface area contributed by atoms with Gasteiger partial charge >= 0.3 is 0 Å². The Hall–Kier alpha value is -3.18. The Labute approximate surface area is 155 Å². The van der Waals surface area contributed by atoms with E-state index in [-0.39, 0.29) is 5.91 Å². The molecule has 0 aliphatic heterocycles. The number of hydrogen-bond acceptors (Lipinski definition) is 3. The summed E-state index contributed by atoms with van der Waals surface area (Å²) in [5, 5.41) is 3.49. The smallest absolute Gasteiger partial charge is 0.257 e. The minimum absolute atomic E-state index is 0.213. The lowest BCUT2D eigenvalue weighted by Crippen LogP contribution is -2.13. The van der Waals surface area contributed by atoms with Crippen molar-refractivity contribution in [2.75, 3.05) is 5.32 Å². The number of halogens is 1. The van der Waals surface area contributed by atoms with Gasteiger partial charge in [-0.15, -0.1) is 0 Å². The van der Waals surface area contributed by atoms with E-state index in [4.69, 9.17) is 11.6 Å². The number of aromatic nitrogens is 3. The summed E-state index contributed by atoms with van der Waals surface area (Å²) in [4.78, 5) is 21.3. The molecule has 5 nitrogen and oxygen atoms in total. The number of carbonyl (C=O) groups excluding carboxylic acids is 1. The fourth-order valence-electron chi connectivity index (χ4n) is 2.85. The molecule has 0 unspecified atom stereocenters. The first kappa shape index (κ1) is 16.3. The molecular weight excluding hydrogens is 348 g/mol. The van der Waals surface area contributed by atoms with Crippen molar-refractivity contribution in [2.24, 2.45) is 0 Å². The van der Waals surface area contributed by atoms with Gasteiger partial charge in [0.2, 0.25) is 0 Å². The van der Waals surface area contributed by atoms with Crippen LogP contribution in [-0.4, -0.2) is 20.3 Å². The molecule has 26 heavy (non-hydrogen) atoms. The average Bonchev–Trinajstić information content (AvgIpc) is 3.01. The summed E-state index contributed by atoms with van der Waals surface area (Å²) in [5.41, 5.74) is 4.57. The molecule has 1 amide bonds. The summed E-state index contributed by atoms with van der Waals surface area (Å²) < 4.78 is 1.86. The van der Waals surface area contributed by atoms with Gasteiger partial charge in [-0.3, -0.25) is 9.78 Å². The van der Waals surface area contributed by atoms with Crippen LogP contribution in [0.25, 0.3) is 16.8 Å². The largest absolute Gasteiger partial charge is 0.321 e. The van der Waals surface area contributed by atoms with Crippen LogP contribution in [0.3, 0.4) is 0 Å². The average molecular weight is 363 g/mol. The maximum Gasteiger partial charge on any atom is 0.257 e. The normalized spacial score (nSPS) is 10.8. The molecule has 0 spiro atoms. The number of nitrogens with zero attached hydrogens (tertiary/aromatic N) is 3. The van der Waals surface area contributed by atoms with Gasteiger partial charge in [0.25, 0.3) is 5.91 Å². The maximum absolute atomic E-state index is 12.7. The molecule has 1 aromatic carbocycles. The van der Waals surface area contributed by atoms with E-state index in [0.29, 0.717) is 16.3 Å². The van der Waals surface area contributed by atoms with Gasteiger partial charge < -0.3 is 9.72 Å². The Balaban J connectivity index is 1.82. The number of anilines is 1. The van der Waals surface area contributed by atoms with Crippen LogP contribution in [0.4, 0.5) is 5.69 Å². The maximum atomic E-state index is 12.7. The number of nitrogens with one attached hydrogen (secondary N) is 1. The van der Waals surface area contributed by atoms with Crippen LogP contribution in [0.15, 0.2) is 67.3 Å². The predicted octanol–water partition coefficient (Wildman–Crippen LogP) is 4.61. The summed E-state index contributed by atoms with van der Waals surface area (Å²) in [7, 11) is 0. The van der Waals surface area contributed by atoms with Gasteiger partial charge in [0, 0.05) is 29.2 Å². The molecule has 128 valence electrons. The molecule has 3 aromatic heterocycles. The van der Waals surface area contributed by atoms with Crippen molar-refractivity contribution < 1.29 is 4.79 Å². The molecule has 4 aromatic rings. The summed E-state index contributed by atoms with van der Waals surface area (Å²) in [6, 6.07) is 12.9. The highest BCUT2D eigenvalue weighted by Crippen LogP contribution is 2.28. The third-order valence-electron chi connectivity index (χ3n) is 3.99. The number of fused-ring (bicyclic) bond motifs is 1. The molecule has 0 saturated heterocycles. The molecule has 1 N–H and O–H groups in total. The minimum Gasteiger partial charge on any atom is -0.321 e. The van der Waals surface area contributed by atoms with Crippen LogP contribution in [-0.2, 0) is 0 Å². The number of hydrogen-bond donors (Lipinski definition) is 1. The second-order valence-corrected chi connectivity index (χ2v) is 6.40. The number of amides is 1. The number of pyridine rings is 2. The van der Waals surface area contributed by atoms with Crippen molar-refractivity contribution in [3.05, 3.63) is 83.5 Å². The van der Waals surface area contributed by atoms with Crippen LogP contribution in [0.5, 0.6) is 0 Å². The fourth-order valence-corrected chi connectivity index (χ4v) is 3.04. The molecular formula is C20H15ClN4O. The second-order valence-electron chi connectivity index (χ2n) is 5.96. The van der Waals surface area contributed by atoms with Crippen LogP contribution in [0.2, 0.25) is 5.02 Å². The molecule has 6 heteroatoms. The SMILES string of the molecule is Cc1cn2cc(C(=O)Nc3cccnc3)cc(-c3cccc(Cl)c3)c2n1. The summed E-state index contributed by atoms with van der Waals surface area (Å²) in [6.45, 7) is 1.92. The zero-order valence-electron chi connectivity index (χ0n) is 14.0. The minimum atomic E-state index is -0.213. The molecule has 4 rings (SSSR count). The van der Waals surface area contributed by atoms with Crippen molar-refractivity contribution in [1.29, 1.82) is 0 Å². The number of rotatable bonds is 3. The van der Waals surface area contributed by atoms with Gasteiger partial charge in [0.15, 0.2) is 0 Å². The van der Waals surface area contributed by atoms with Gasteiger partial charge in [-0.2, -0.15) is 0 Å². The van der Waals surface area contributed by atoms with E-state index in [9.17, 15) is 4.79 Å². The Morgan fingerprint density at radius 1 is 1.15 bits per heavy atom. The lowest BCUT2D eigenvalue weighted by atomic mass is 10.0. The molecule has 0 aliphatic carbocycles. The highest BCUT2D eigenvalue weighted by atomic mass is 35.5. The Bertz CT molecular complexity index is 1110. The van der Waals surface area contributed by atoms with Crippen molar-refractivity contribution in [3.8, 4) is 11.1 Å². The highest BCUT2D eigenvalue weighted by molar-refractivity contribution is 6.30. The molecule has 3 heterocycles. The zero-order valence-corrected chi connectivity index (χ0v) is 14.7. The van der Waals surface area contributed by atoms with E-state index in [1.165, 1.54) is 0 Å². The number of aryl methyl sites for hydroxylation is 1. The second kappa shape index (κ2) is 6.61. The van der Waals surface area contributed by atoms with Gasteiger partial charge in [0.1, 0.15) is 5.65 Å². The van der Waals surface area contributed by atoms with Crippen LogP contribution < -0.4 is 5.32 Å². The quantitative estimate of drug-likeness (QED) is 0.579. The Morgan fingerprint density at radius 2 is 2.04 bits per heavy atom. The Kier molecular flexibility index (Phi) is 4.14. The molecule has 0 bridgehead atoms. The molecule has 0 fully saturated rings. The van der Waals surface area contributed by atoms with Gasteiger partial charge in [-0.05, 0) is 42.8 Å². The first-order valence-corrected chi connectivity index (χ1v) is 8.44. The Morgan fingerprint density at radius 3 is 2.81 bits per heavy atom. The third kappa shape index (κ3) is 3.17. The van der Waals surface area contributed by atoms with Crippen LogP contribution in [0, 0.1) is 6.92 Å². The third-order valence-corrected chi connectivity index (χ3v) is 4.22. The van der Waals surface area contributed by atoms with Crippen molar-refractivity contribution in [2.45, 2.75) is 6.92 Å². The summed E-state index contributed by atoms with van der Waals surface area (Å²) in [5.74, 6) is -0.213. The monoisotopic (exact) mass is 362 g/mol. The standard InChI is InChI=1S/C20H15ClN4O/c1-13-11-25-12-15(20(26)24-17-6-3-7-22-10-17)9-18(19(25)23-13)14-4-2-5-16(21)8-14/h2-12H,1H3,(H,24,26). The van der Waals surface area contributed by atoms with Crippen molar-refractivity contribution in [3.63, 3.8) is 0 Å². The lowest BCUT2D eigenvalue weighted by molar-refractivity contribution is 0.102. The first-order valence-electron chi connectivity index (χ1n) is 8.07. The molecule has 0 atom stereocenters. The number of benzene rings is 1. The highest BCUT2D eigenvalue weighted by Gasteiger charge is 2.14. The summed E-state index contributed by atoms with van der Waals surface area (Å²) in [6.07, 6.45) is 6.93. The van der Waals surface area contributed by atoms with E-state index in [2.05, 4.69) is 15.3 Å². The van der Waals surface area contributed by atoms with E-state index in [0.717, 1.165) is 22.5 Å². The predicted molar refractivity (Wildman–Crippen MR) is 103 cm³/mol. The van der Waals surface area contributed by atoms with Gasteiger partial charge in [-0.1, -0.05) is 23.7 Å². The van der Waals surface area contributed by atoms with Crippen molar-refractivity contribution >= 4 is 28.8 Å². The van der Waals surface area contributed by atoms with E-state index < -0.39 is 0 Å². The van der Waals surface area contributed by atoms with Crippen LogP contribution >= 0.6 is 11.6 Å². The molecule has 0 radical (unpaired) electrons. The zero-order chi connectivity index (χ0) is 18.1. The molecule has 0 saturated carbocycles. The molecule has 0 aliphatic rings. The fraction of sp³-hybridized carbons (Fsp3) is 0.0500. The topological polar surface area (TPSA) is 59.3 Å². The van der Waals surface area contributed by atoms with E-state index in [1.807, 2.05) is 47.9 Å². The van der Waals surface area contributed by atoms with Crippen molar-refractivity contribution in [1.82, 2.24) is 14.4 Å². The van der Waals surface area contributed by atoms with E-state index >= 15 is 0 Å². The first-order chi connectivity index (χ1) is 12.6.